The van der Waals surface area contributed by atoms with Crippen LogP contribution in [0.2, 0.25) is 0 Å². The lowest BCUT2D eigenvalue weighted by molar-refractivity contribution is 0.0714. The second-order valence-electron chi connectivity index (χ2n) is 8.38. The van der Waals surface area contributed by atoms with E-state index >= 15 is 0 Å². The number of carbonyl (C=O) groups is 2. The van der Waals surface area contributed by atoms with Crippen molar-refractivity contribution in [1.82, 2.24) is 34.8 Å². The first-order valence-corrected chi connectivity index (χ1v) is 10.9. The number of nitrogens with zero attached hydrogens (tertiary/aromatic N) is 7. The van der Waals surface area contributed by atoms with Crippen LogP contribution in [-0.4, -0.2) is 65.7 Å². The number of aromatic nitrogens is 5. The van der Waals surface area contributed by atoms with Crippen LogP contribution in [0.15, 0.2) is 42.9 Å². The molecule has 1 aromatic carbocycles. The number of rotatable bonds is 4. The van der Waals surface area contributed by atoms with E-state index in [4.69, 9.17) is 0 Å². The predicted octanol–water partition coefficient (Wildman–Crippen LogP) is 1.88. The fraction of sp³-hybridized carbons (Fsp3) is 0.391. The normalized spacial score (nSPS) is 18.0. The molecule has 9 nitrogen and oxygen atoms in total. The molecule has 1 atom stereocenters. The van der Waals surface area contributed by atoms with Gasteiger partial charge < -0.3 is 9.80 Å². The van der Waals surface area contributed by atoms with Crippen molar-refractivity contribution in [2.24, 2.45) is 0 Å². The zero-order valence-corrected chi connectivity index (χ0v) is 18.0. The maximum absolute atomic E-state index is 13.0. The molecule has 4 heterocycles. The lowest BCUT2D eigenvalue weighted by Gasteiger charge is -2.28. The zero-order chi connectivity index (χ0) is 22.1. The fourth-order valence-corrected chi connectivity index (χ4v) is 4.49. The Morgan fingerprint density at radius 2 is 1.84 bits per heavy atom. The Morgan fingerprint density at radius 1 is 1.06 bits per heavy atom. The summed E-state index contributed by atoms with van der Waals surface area (Å²) in [6.45, 7) is 4.24. The van der Waals surface area contributed by atoms with E-state index in [0.717, 1.165) is 19.3 Å². The van der Waals surface area contributed by atoms with Crippen molar-refractivity contribution in [2.45, 2.75) is 45.3 Å². The van der Waals surface area contributed by atoms with E-state index in [2.05, 4.69) is 32.4 Å². The number of carbonyl (C=O) groups excluding carboxylic acids is 2. The summed E-state index contributed by atoms with van der Waals surface area (Å²) in [4.78, 5) is 37.8. The number of fused-ring (bicyclic) bond motifs is 1. The molecule has 2 aromatic heterocycles. The quantitative estimate of drug-likeness (QED) is 0.626. The molecule has 1 fully saturated rings. The van der Waals surface area contributed by atoms with Gasteiger partial charge >= 0.3 is 0 Å². The topological polar surface area (TPSA) is 97.1 Å². The van der Waals surface area contributed by atoms with Gasteiger partial charge in [0.2, 0.25) is 0 Å². The molecule has 0 saturated carbocycles. The highest BCUT2D eigenvalue weighted by Crippen LogP contribution is 2.22. The summed E-state index contributed by atoms with van der Waals surface area (Å²) in [5.41, 5.74) is 3.30. The highest BCUT2D eigenvalue weighted by molar-refractivity contribution is 5.94. The van der Waals surface area contributed by atoms with Crippen LogP contribution in [-0.2, 0) is 19.5 Å². The van der Waals surface area contributed by atoms with Crippen LogP contribution >= 0.6 is 0 Å². The molecule has 1 unspecified atom stereocenters. The van der Waals surface area contributed by atoms with E-state index < -0.39 is 0 Å². The van der Waals surface area contributed by atoms with Crippen molar-refractivity contribution in [2.75, 3.05) is 13.1 Å². The van der Waals surface area contributed by atoms with E-state index in [1.54, 1.807) is 30.2 Å². The average molecular weight is 432 g/mol. The number of aryl methyl sites for hydroxylation is 1. The van der Waals surface area contributed by atoms with Crippen LogP contribution in [0.5, 0.6) is 0 Å². The van der Waals surface area contributed by atoms with Gasteiger partial charge in [0, 0.05) is 32.0 Å². The lowest BCUT2D eigenvalue weighted by Crippen LogP contribution is -2.38. The highest BCUT2D eigenvalue weighted by atomic mass is 16.2. The van der Waals surface area contributed by atoms with Crippen LogP contribution in [0, 0.1) is 6.92 Å². The second-order valence-corrected chi connectivity index (χ2v) is 8.38. The Labute approximate surface area is 186 Å². The van der Waals surface area contributed by atoms with E-state index in [1.807, 2.05) is 21.9 Å². The van der Waals surface area contributed by atoms with Gasteiger partial charge in [-0.1, -0.05) is 29.5 Å². The Morgan fingerprint density at radius 3 is 2.66 bits per heavy atom. The van der Waals surface area contributed by atoms with Gasteiger partial charge in [-0.15, -0.1) is 5.10 Å². The molecule has 0 N–H and O–H groups in total. The molecule has 2 aliphatic heterocycles. The molecule has 1 saturated heterocycles. The Balaban J connectivity index is 1.25. The van der Waals surface area contributed by atoms with Crippen molar-refractivity contribution in [3.8, 4) is 0 Å². The Hall–Kier alpha value is -3.62. The minimum absolute atomic E-state index is 0.00433. The summed E-state index contributed by atoms with van der Waals surface area (Å²) in [5.74, 6) is 0.453. The number of hydrogen-bond donors (Lipinski definition) is 0. The SMILES string of the molecule is Cc1ncc(C(=O)N2CCCC2Cn2cc(C(=O)N3CCc4ccccc4C3)nn2)cn1. The van der Waals surface area contributed by atoms with Crippen LogP contribution in [0.4, 0.5) is 0 Å². The number of likely N-dealkylation sites (tertiary alicyclic amines) is 1. The summed E-state index contributed by atoms with van der Waals surface area (Å²) in [6, 6.07) is 8.21. The molecule has 3 aromatic rings. The molecule has 0 aliphatic carbocycles. The van der Waals surface area contributed by atoms with E-state index in [-0.39, 0.29) is 17.9 Å². The Bertz CT molecular complexity index is 1140. The Kier molecular flexibility index (Phi) is 5.38. The second kappa shape index (κ2) is 8.49. The average Bonchev–Trinajstić information content (AvgIpc) is 3.48. The summed E-state index contributed by atoms with van der Waals surface area (Å²) in [6.07, 6.45) is 7.49. The highest BCUT2D eigenvalue weighted by Gasteiger charge is 2.31. The molecule has 2 amide bonds. The number of hydrogen-bond acceptors (Lipinski definition) is 6. The molecule has 32 heavy (non-hydrogen) atoms. The van der Waals surface area contributed by atoms with Crippen molar-refractivity contribution in [3.63, 3.8) is 0 Å². The van der Waals surface area contributed by atoms with Crippen molar-refractivity contribution < 1.29 is 9.59 Å². The zero-order valence-electron chi connectivity index (χ0n) is 18.0. The van der Waals surface area contributed by atoms with Crippen LogP contribution in [0.1, 0.15) is 50.6 Å². The number of amides is 2. The first-order valence-electron chi connectivity index (χ1n) is 10.9. The third-order valence-electron chi connectivity index (χ3n) is 6.24. The van der Waals surface area contributed by atoms with E-state index in [9.17, 15) is 9.59 Å². The van der Waals surface area contributed by atoms with Crippen LogP contribution < -0.4 is 0 Å². The van der Waals surface area contributed by atoms with Gasteiger partial charge in [-0.25, -0.2) is 14.6 Å². The van der Waals surface area contributed by atoms with E-state index in [1.165, 1.54) is 11.1 Å². The predicted molar refractivity (Wildman–Crippen MR) is 116 cm³/mol. The lowest BCUT2D eigenvalue weighted by atomic mass is 10.00. The monoisotopic (exact) mass is 431 g/mol. The molecule has 9 heteroatoms. The largest absolute Gasteiger partial charge is 0.334 e. The summed E-state index contributed by atoms with van der Waals surface area (Å²) >= 11 is 0. The van der Waals surface area contributed by atoms with Crippen LogP contribution in [0.3, 0.4) is 0 Å². The molecule has 0 radical (unpaired) electrons. The van der Waals surface area contributed by atoms with Gasteiger partial charge in [0.1, 0.15) is 5.82 Å². The molecule has 0 bridgehead atoms. The molecule has 5 rings (SSSR count). The summed E-state index contributed by atoms with van der Waals surface area (Å²) in [7, 11) is 0. The third-order valence-corrected chi connectivity index (χ3v) is 6.24. The first-order chi connectivity index (χ1) is 15.6. The standard InChI is InChI=1S/C23H25N7O2/c1-16-24-11-19(12-25-16)22(31)30-9-4-7-20(30)14-29-15-21(26-27-29)23(32)28-10-8-17-5-2-3-6-18(17)13-28/h2-3,5-6,11-12,15,20H,4,7-10,13-14H2,1H3. The summed E-state index contributed by atoms with van der Waals surface area (Å²) in [5, 5.41) is 8.30. The van der Waals surface area contributed by atoms with Gasteiger partial charge in [-0.05, 0) is 37.3 Å². The first kappa shape index (κ1) is 20.3. The van der Waals surface area contributed by atoms with Crippen LogP contribution in [0.25, 0.3) is 0 Å². The molecular formula is C23H25N7O2. The molecule has 164 valence electrons. The van der Waals surface area contributed by atoms with Gasteiger partial charge in [-0.2, -0.15) is 0 Å². The van der Waals surface area contributed by atoms with E-state index in [0.29, 0.717) is 43.3 Å². The molecule has 2 aliphatic rings. The van der Waals surface area contributed by atoms with Gasteiger partial charge in [0.15, 0.2) is 5.69 Å². The fourth-order valence-electron chi connectivity index (χ4n) is 4.49. The van der Waals surface area contributed by atoms with Gasteiger partial charge in [0.25, 0.3) is 11.8 Å². The van der Waals surface area contributed by atoms with Crippen molar-refractivity contribution >= 4 is 11.8 Å². The minimum Gasteiger partial charge on any atom is -0.334 e. The molecular weight excluding hydrogens is 406 g/mol. The third kappa shape index (κ3) is 3.98. The maximum Gasteiger partial charge on any atom is 0.276 e. The van der Waals surface area contributed by atoms with Gasteiger partial charge in [-0.3, -0.25) is 9.59 Å². The minimum atomic E-state index is -0.109. The maximum atomic E-state index is 13.0. The smallest absolute Gasteiger partial charge is 0.276 e. The summed E-state index contributed by atoms with van der Waals surface area (Å²) < 4.78 is 1.67. The van der Waals surface area contributed by atoms with Gasteiger partial charge in [0.05, 0.1) is 24.3 Å². The van der Waals surface area contributed by atoms with Crippen molar-refractivity contribution in [1.29, 1.82) is 0 Å². The molecule has 0 spiro atoms. The van der Waals surface area contributed by atoms with Crippen molar-refractivity contribution in [3.05, 3.63) is 71.1 Å². The number of benzene rings is 1.